The van der Waals surface area contributed by atoms with E-state index in [4.69, 9.17) is 9.47 Å². The molecule has 3 unspecified atom stereocenters. The van der Waals surface area contributed by atoms with E-state index in [0.29, 0.717) is 31.2 Å². The molecule has 1 aliphatic heterocycles. The van der Waals surface area contributed by atoms with Crippen molar-refractivity contribution < 1.29 is 9.47 Å². The minimum Gasteiger partial charge on any atom is -0.491 e. The maximum absolute atomic E-state index is 5.64. The van der Waals surface area contributed by atoms with Gasteiger partial charge in [0, 0.05) is 19.2 Å². The van der Waals surface area contributed by atoms with Crippen molar-refractivity contribution in [3.05, 3.63) is 29.8 Å². The lowest BCUT2D eigenvalue weighted by molar-refractivity contribution is 0.110. The monoisotopic (exact) mass is 293 g/mol. The highest BCUT2D eigenvalue weighted by atomic mass is 16.5. The van der Waals surface area contributed by atoms with Crippen molar-refractivity contribution in [1.82, 2.24) is 16.2 Å². The zero-order chi connectivity index (χ0) is 15.1. The third kappa shape index (κ3) is 4.41. The molecule has 3 N–H and O–H groups in total. The van der Waals surface area contributed by atoms with Gasteiger partial charge in [-0.25, -0.2) is 5.43 Å². The fourth-order valence-electron chi connectivity index (χ4n) is 2.67. The summed E-state index contributed by atoms with van der Waals surface area (Å²) in [5.41, 5.74) is 8.03. The van der Waals surface area contributed by atoms with E-state index in [9.17, 15) is 0 Å². The van der Waals surface area contributed by atoms with Gasteiger partial charge in [0.1, 0.15) is 12.4 Å². The summed E-state index contributed by atoms with van der Waals surface area (Å²) in [5.74, 6) is 1.42. The first-order valence-corrected chi connectivity index (χ1v) is 7.72. The van der Waals surface area contributed by atoms with Gasteiger partial charge in [-0.05, 0) is 37.6 Å². The third-order valence-electron chi connectivity index (χ3n) is 3.95. The molecule has 0 bridgehead atoms. The smallest absolute Gasteiger partial charge is 0.119 e. The molecular formula is C16H27N3O2. The minimum atomic E-state index is 0.334. The topological polar surface area (TPSA) is 54.6 Å². The van der Waals surface area contributed by atoms with Crippen molar-refractivity contribution in [3.63, 3.8) is 0 Å². The number of hydrogen-bond donors (Lipinski definition) is 3. The Labute approximate surface area is 127 Å². The van der Waals surface area contributed by atoms with Crippen molar-refractivity contribution in [2.24, 2.45) is 5.92 Å². The molecule has 118 valence electrons. The van der Waals surface area contributed by atoms with E-state index >= 15 is 0 Å². The fraction of sp³-hybridized carbons (Fsp3) is 0.625. The van der Waals surface area contributed by atoms with Crippen LogP contribution in [0.3, 0.4) is 0 Å². The van der Waals surface area contributed by atoms with Gasteiger partial charge in [-0.2, -0.15) is 0 Å². The van der Waals surface area contributed by atoms with Crippen LogP contribution in [0.2, 0.25) is 0 Å². The largest absolute Gasteiger partial charge is 0.491 e. The molecule has 1 aromatic rings. The predicted molar refractivity (Wildman–Crippen MR) is 84.3 cm³/mol. The van der Waals surface area contributed by atoms with Gasteiger partial charge in [0.25, 0.3) is 0 Å². The molecule has 0 amide bonds. The lowest BCUT2D eigenvalue weighted by atomic mass is 9.91. The van der Waals surface area contributed by atoms with Crippen LogP contribution in [0.15, 0.2) is 24.3 Å². The Morgan fingerprint density at radius 1 is 1.14 bits per heavy atom. The number of nitrogens with one attached hydrogen (secondary N) is 3. The van der Waals surface area contributed by atoms with Crippen molar-refractivity contribution in [2.75, 3.05) is 33.4 Å². The average molecular weight is 293 g/mol. The number of benzene rings is 1. The van der Waals surface area contributed by atoms with Crippen LogP contribution in [0.25, 0.3) is 0 Å². The number of likely N-dealkylation sites (N-methyl/N-ethyl adjacent to an activating group) is 1. The van der Waals surface area contributed by atoms with Crippen LogP contribution in [0.1, 0.15) is 25.5 Å². The zero-order valence-electron chi connectivity index (χ0n) is 13.2. The first-order valence-electron chi connectivity index (χ1n) is 7.72. The number of ether oxygens (including phenoxy) is 2. The van der Waals surface area contributed by atoms with Crippen LogP contribution in [0, 0.1) is 5.92 Å². The first kappa shape index (κ1) is 16.2. The quantitative estimate of drug-likeness (QED) is 0.634. The Hall–Kier alpha value is -1.14. The van der Waals surface area contributed by atoms with Gasteiger partial charge >= 0.3 is 0 Å². The molecule has 0 spiro atoms. The van der Waals surface area contributed by atoms with E-state index in [0.717, 1.165) is 18.9 Å². The van der Waals surface area contributed by atoms with Crippen molar-refractivity contribution in [3.8, 4) is 5.75 Å². The number of hydrogen-bond acceptors (Lipinski definition) is 5. The molecular weight excluding hydrogens is 266 g/mol. The van der Waals surface area contributed by atoms with Crippen LogP contribution in [-0.4, -0.2) is 39.5 Å². The van der Waals surface area contributed by atoms with Gasteiger partial charge in [-0.15, -0.1) is 0 Å². The van der Waals surface area contributed by atoms with Crippen LogP contribution in [0.4, 0.5) is 0 Å². The van der Waals surface area contributed by atoms with Crippen LogP contribution < -0.4 is 20.9 Å². The Balaban J connectivity index is 1.87. The molecule has 0 aromatic heterocycles. The van der Waals surface area contributed by atoms with Gasteiger partial charge in [0.05, 0.1) is 12.6 Å². The molecule has 3 atom stereocenters. The molecule has 5 nitrogen and oxygen atoms in total. The van der Waals surface area contributed by atoms with E-state index in [1.807, 2.05) is 26.1 Å². The zero-order valence-corrected chi connectivity index (χ0v) is 13.2. The van der Waals surface area contributed by atoms with Crippen LogP contribution in [0.5, 0.6) is 5.75 Å². The standard InChI is InChI=1S/C16H27N3O2/c1-4-20-9-10-21-14-7-5-13(6-8-14)16-12(2)15(11-17-3)18-19-16/h5-8,12,15-19H,4,9-11H2,1-3H3. The molecule has 2 rings (SSSR count). The summed E-state index contributed by atoms with van der Waals surface area (Å²) >= 11 is 0. The van der Waals surface area contributed by atoms with Gasteiger partial charge in [0.2, 0.25) is 0 Å². The lowest BCUT2D eigenvalue weighted by Gasteiger charge is -2.19. The average Bonchev–Trinajstić information content (AvgIpc) is 2.86. The minimum absolute atomic E-state index is 0.334. The lowest BCUT2D eigenvalue weighted by Crippen LogP contribution is -2.38. The van der Waals surface area contributed by atoms with Crippen LogP contribution >= 0.6 is 0 Å². The summed E-state index contributed by atoms with van der Waals surface area (Å²) in [5, 5.41) is 3.22. The molecule has 21 heavy (non-hydrogen) atoms. The third-order valence-corrected chi connectivity index (χ3v) is 3.95. The van der Waals surface area contributed by atoms with E-state index in [-0.39, 0.29) is 0 Å². The van der Waals surface area contributed by atoms with Gasteiger partial charge < -0.3 is 14.8 Å². The summed E-state index contributed by atoms with van der Waals surface area (Å²) in [6, 6.07) is 9.10. The summed E-state index contributed by atoms with van der Waals surface area (Å²) in [6.45, 7) is 7.18. The maximum atomic E-state index is 5.64. The SMILES string of the molecule is CCOCCOc1ccc(C2NNC(CNC)C2C)cc1. The fourth-order valence-corrected chi connectivity index (χ4v) is 2.67. The van der Waals surface area contributed by atoms with Gasteiger partial charge in [-0.1, -0.05) is 19.1 Å². The molecule has 1 fully saturated rings. The maximum Gasteiger partial charge on any atom is 0.119 e. The molecule has 1 aromatic carbocycles. The second kappa shape index (κ2) is 8.34. The highest BCUT2D eigenvalue weighted by Gasteiger charge is 2.32. The first-order chi connectivity index (χ1) is 10.3. The molecule has 0 aliphatic carbocycles. The summed E-state index contributed by atoms with van der Waals surface area (Å²) in [7, 11) is 1.98. The number of rotatable bonds is 8. The van der Waals surface area contributed by atoms with E-state index < -0.39 is 0 Å². The van der Waals surface area contributed by atoms with E-state index in [1.165, 1.54) is 5.56 Å². The highest BCUT2D eigenvalue weighted by Crippen LogP contribution is 2.29. The molecule has 0 saturated carbocycles. The Kier molecular flexibility index (Phi) is 6.45. The van der Waals surface area contributed by atoms with Crippen molar-refractivity contribution >= 4 is 0 Å². The Bertz CT molecular complexity index is 410. The van der Waals surface area contributed by atoms with Crippen LogP contribution in [-0.2, 0) is 4.74 Å². The van der Waals surface area contributed by atoms with E-state index in [2.05, 4.69) is 35.2 Å². The van der Waals surface area contributed by atoms with Gasteiger partial charge in [0.15, 0.2) is 0 Å². The Morgan fingerprint density at radius 2 is 1.90 bits per heavy atom. The second-order valence-electron chi connectivity index (χ2n) is 5.40. The predicted octanol–water partition coefficient (Wildman–Crippen LogP) is 1.47. The van der Waals surface area contributed by atoms with Gasteiger partial charge in [-0.3, -0.25) is 5.43 Å². The molecule has 0 radical (unpaired) electrons. The summed E-state index contributed by atoms with van der Waals surface area (Å²) < 4.78 is 10.9. The second-order valence-corrected chi connectivity index (χ2v) is 5.40. The molecule has 1 saturated heterocycles. The Morgan fingerprint density at radius 3 is 2.57 bits per heavy atom. The highest BCUT2D eigenvalue weighted by molar-refractivity contribution is 5.30. The summed E-state index contributed by atoms with van der Waals surface area (Å²) in [4.78, 5) is 0. The number of hydrazine groups is 1. The molecule has 5 heteroatoms. The summed E-state index contributed by atoms with van der Waals surface area (Å²) in [6.07, 6.45) is 0. The van der Waals surface area contributed by atoms with E-state index in [1.54, 1.807) is 0 Å². The van der Waals surface area contributed by atoms with Crippen molar-refractivity contribution in [2.45, 2.75) is 25.9 Å². The normalized spacial score (nSPS) is 25.2. The molecule has 1 aliphatic rings. The molecule has 1 heterocycles. The van der Waals surface area contributed by atoms with Crippen molar-refractivity contribution in [1.29, 1.82) is 0 Å².